The van der Waals surface area contributed by atoms with E-state index in [1.165, 1.54) is 25.3 Å². The summed E-state index contributed by atoms with van der Waals surface area (Å²) in [5.74, 6) is 0.0342. The van der Waals surface area contributed by atoms with Crippen LogP contribution >= 0.6 is 0 Å². The van der Waals surface area contributed by atoms with E-state index in [9.17, 15) is 16.8 Å². The third-order valence-corrected chi connectivity index (χ3v) is 5.82. The van der Waals surface area contributed by atoms with Gasteiger partial charge in [-0.05, 0) is 43.7 Å². The highest BCUT2D eigenvalue weighted by atomic mass is 32.2. The van der Waals surface area contributed by atoms with E-state index >= 15 is 0 Å². The molecule has 7 nitrogen and oxygen atoms in total. The van der Waals surface area contributed by atoms with E-state index in [0.717, 1.165) is 11.6 Å². The quantitative estimate of drug-likeness (QED) is 0.832. The van der Waals surface area contributed by atoms with Crippen molar-refractivity contribution in [3.63, 3.8) is 0 Å². The molecule has 0 bridgehead atoms. The van der Waals surface area contributed by atoms with Crippen LogP contribution in [0, 0.1) is 13.8 Å². The van der Waals surface area contributed by atoms with Crippen LogP contribution in [0.3, 0.4) is 0 Å². The first kappa shape index (κ1) is 18.2. The highest BCUT2D eigenvalue weighted by Crippen LogP contribution is 2.28. The van der Waals surface area contributed by atoms with Crippen molar-refractivity contribution in [3.8, 4) is 5.75 Å². The number of hydrogen-bond donors (Lipinski definition) is 2. The molecule has 0 atom stereocenters. The Morgan fingerprint density at radius 3 is 2.17 bits per heavy atom. The minimum atomic E-state index is -4.06. The van der Waals surface area contributed by atoms with E-state index in [2.05, 4.69) is 4.72 Å². The summed E-state index contributed by atoms with van der Waals surface area (Å²) < 4.78 is 55.6. The number of methoxy groups -OCH3 is 1. The Morgan fingerprint density at radius 1 is 0.958 bits per heavy atom. The zero-order valence-electron chi connectivity index (χ0n) is 13.4. The van der Waals surface area contributed by atoms with Gasteiger partial charge in [-0.1, -0.05) is 17.7 Å². The van der Waals surface area contributed by atoms with Crippen molar-refractivity contribution in [2.24, 2.45) is 5.14 Å². The molecule has 0 saturated carbocycles. The SMILES string of the molecule is COc1ccc(NS(=O)(=O)c2ccc(C)cc2C)cc1S(N)(=O)=O. The standard InChI is InChI=1S/C15H18N2O5S2/c1-10-4-7-14(11(2)8-10)24(20,21)17-12-5-6-13(22-3)15(9-12)23(16,18)19/h4-9,17H,1-3H3,(H2,16,18,19). The van der Waals surface area contributed by atoms with Crippen LogP contribution in [0.4, 0.5) is 5.69 Å². The van der Waals surface area contributed by atoms with Crippen molar-refractivity contribution < 1.29 is 21.6 Å². The summed E-state index contributed by atoms with van der Waals surface area (Å²) in [7, 11) is -6.64. The summed E-state index contributed by atoms with van der Waals surface area (Å²) >= 11 is 0. The number of hydrogen-bond acceptors (Lipinski definition) is 5. The molecule has 0 heterocycles. The van der Waals surface area contributed by atoms with Crippen molar-refractivity contribution in [1.29, 1.82) is 0 Å². The molecule has 2 aromatic rings. The summed E-state index contributed by atoms with van der Waals surface area (Å²) in [6.45, 7) is 3.55. The molecule has 3 N–H and O–H groups in total. The number of benzene rings is 2. The lowest BCUT2D eigenvalue weighted by molar-refractivity contribution is 0.403. The summed E-state index contributed by atoms with van der Waals surface area (Å²) in [5.41, 5.74) is 1.59. The minimum Gasteiger partial charge on any atom is -0.495 e. The maximum Gasteiger partial charge on any atom is 0.262 e. The van der Waals surface area contributed by atoms with E-state index in [1.54, 1.807) is 19.1 Å². The van der Waals surface area contributed by atoms with Crippen LogP contribution in [0.15, 0.2) is 46.2 Å². The van der Waals surface area contributed by atoms with E-state index in [-0.39, 0.29) is 21.2 Å². The third-order valence-electron chi connectivity index (χ3n) is 3.34. The molecule has 0 unspecified atom stereocenters. The van der Waals surface area contributed by atoms with Gasteiger partial charge in [0.15, 0.2) is 0 Å². The molecule has 0 amide bonds. The molecule has 130 valence electrons. The maximum absolute atomic E-state index is 12.5. The Hall–Kier alpha value is -2.10. The lowest BCUT2D eigenvalue weighted by Crippen LogP contribution is -2.17. The maximum atomic E-state index is 12.5. The van der Waals surface area contributed by atoms with Gasteiger partial charge in [0.2, 0.25) is 10.0 Å². The van der Waals surface area contributed by atoms with Crippen LogP contribution in [0.2, 0.25) is 0 Å². The minimum absolute atomic E-state index is 0.0342. The summed E-state index contributed by atoms with van der Waals surface area (Å²) in [4.78, 5) is -0.188. The molecular formula is C15H18N2O5S2. The average Bonchev–Trinajstić information content (AvgIpc) is 2.45. The Morgan fingerprint density at radius 2 is 1.62 bits per heavy atom. The predicted molar refractivity (Wildman–Crippen MR) is 91.1 cm³/mol. The zero-order chi connectivity index (χ0) is 18.1. The first-order valence-electron chi connectivity index (χ1n) is 6.85. The molecule has 0 saturated heterocycles. The van der Waals surface area contributed by atoms with Gasteiger partial charge in [0.1, 0.15) is 10.6 Å². The van der Waals surface area contributed by atoms with E-state index in [1.807, 2.05) is 6.92 Å². The normalized spacial score (nSPS) is 12.0. The second-order valence-electron chi connectivity index (χ2n) is 5.29. The van der Waals surface area contributed by atoms with Gasteiger partial charge in [-0.2, -0.15) is 0 Å². The summed E-state index contributed by atoms with van der Waals surface area (Å²) in [5, 5.41) is 5.13. The molecule has 0 aliphatic heterocycles. The van der Waals surface area contributed by atoms with Crippen molar-refractivity contribution in [2.45, 2.75) is 23.6 Å². The van der Waals surface area contributed by atoms with Crippen molar-refractivity contribution in [2.75, 3.05) is 11.8 Å². The Kier molecular flexibility index (Phi) is 4.88. The lowest BCUT2D eigenvalue weighted by atomic mass is 10.2. The smallest absolute Gasteiger partial charge is 0.262 e. The van der Waals surface area contributed by atoms with E-state index in [0.29, 0.717) is 5.56 Å². The van der Waals surface area contributed by atoms with Crippen LogP contribution < -0.4 is 14.6 Å². The average molecular weight is 370 g/mol. The summed E-state index contributed by atoms with van der Waals surface area (Å²) in [6.07, 6.45) is 0. The molecule has 0 spiro atoms. The molecule has 0 aromatic heterocycles. The van der Waals surface area contributed by atoms with Gasteiger partial charge in [-0.15, -0.1) is 0 Å². The molecule has 0 radical (unpaired) electrons. The van der Waals surface area contributed by atoms with Gasteiger partial charge < -0.3 is 4.74 Å². The highest BCUT2D eigenvalue weighted by Gasteiger charge is 2.20. The molecule has 9 heteroatoms. The number of ether oxygens (including phenoxy) is 1. The van der Waals surface area contributed by atoms with E-state index in [4.69, 9.17) is 9.88 Å². The third kappa shape index (κ3) is 3.86. The molecule has 0 aliphatic carbocycles. The summed E-state index contributed by atoms with van der Waals surface area (Å²) in [6, 6.07) is 8.78. The fourth-order valence-electron chi connectivity index (χ4n) is 2.27. The number of rotatable bonds is 5. The molecule has 24 heavy (non-hydrogen) atoms. The predicted octanol–water partition coefficient (Wildman–Crippen LogP) is 1.76. The monoisotopic (exact) mass is 370 g/mol. The molecular weight excluding hydrogens is 352 g/mol. The second kappa shape index (κ2) is 6.42. The number of primary sulfonamides is 1. The number of nitrogens with one attached hydrogen (secondary N) is 1. The highest BCUT2D eigenvalue weighted by molar-refractivity contribution is 7.92. The Bertz CT molecular complexity index is 983. The zero-order valence-corrected chi connectivity index (χ0v) is 15.0. The van der Waals surface area contributed by atoms with Crippen molar-refractivity contribution in [1.82, 2.24) is 0 Å². The first-order valence-corrected chi connectivity index (χ1v) is 9.88. The van der Waals surface area contributed by atoms with Crippen LogP contribution in [0.25, 0.3) is 0 Å². The second-order valence-corrected chi connectivity index (χ2v) is 8.47. The van der Waals surface area contributed by atoms with Crippen LogP contribution in [0.1, 0.15) is 11.1 Å². The fourth-order valence-corrected chi connectivity index (χ4v) is 4.27. The molecule has 0 fully saturated rings. The fraction of sp³-hybridized carbons (Fsp3) is 0.200. The topological polar surface area (TPSA) is 116 Å². The number of aryl methyl sites for hydroxylation is 2. The van der Waals surface area contributed by atoms with Crippen LogP contribution in [0.5, 0.6) is 5.75 Å². The Balaban J connectivity index is 2.47. The van der Waals surface area contributed by atoms with Gasteiger partial charge in [0.05, 0.1) is 17.7 Å². The van der Waals surface area contributed by atoms with Crippen molar-refractivity contribution in [3.05, 3.63) is 47.5 Å². The van der Waals surface area contributed by atoms with Gasteiger partial charge in [-0.3, -0.25) is 4.72 Å². The van der Waals surface area contributed by atoms with Gasteiger partial charge >= 0.3 is 0 Å². The largest absolute Gasteiger partial charge is 0.495 e. The van der Waals surface area contributed by atoms with Gasteiger partial charge in [0, 0.05) is 0 Å². The number of sulfonamides is 2. The van der Waals surface area contributed by atoms with Crippen LogP contribution in [-0.2, 0) is 20.0 Å². The Labute approximate surface area is 141 Å². The first-order chi connectivity index (χ1) is 11.0. The lowest BCUT2D eigenvalue weighted by Gasteiger charge is -2.13. The van der Waals surface area contributed by atoms with E-state index < -0.39 is 20.0 Å². The number of anilines is 1. The van der Waals surface area contributed by atoms with Crippen LogP contribution in [-0.4, -0.2) is 23.9 Å². The molecule has 2 rings (SSSR count). The number of nitrogens with two attached hydrogens (primary N) is 1. The van der Waals surface area contributed by atoms with Crippen molar-refractivity contribution >= 4 is 25.7 Å². The molecule has 2 aromatic carbocycles. The van der Waals surface area contributed by atoms with Gasteiger partial charge in [0.25, 0.3) is 10.0 Å². The molecule has 0 aliphatic rings. The van der Waals surface area contributed by atoms with Gasteiger partial charge in [-0.25, -0.2) is 22.0 Å².